The van der Waals surface area contributed by atoms with Crippen molar-refractivity contribution in [2.75, 3.05) is 5.32 Å². The SMILES string of the molecule is O=C(Nc1ncccc1Br)c1csc(I)c1. The molecule has 82 valence electrons. The third-order valence-electron chi connectivity index (χ3n) is 1.82. The van der Waals surface area contributed by atoms with Crippen LogP contribution in [0.25, 0.3) is 0 Å². The first-order valence-electron chi connectivity index (χ1n) is 4.33. The van der Waals surface area contributed by atoms with Gasteiger partial charge in [0.25, 0.3) is 5.91 Å². The zero-order valence-electron chi connectivity index (χ0n) is 7.91. The summed E-state index contributed by atoms with van der Waals surface area (Å²) < 4.78 is 1.86. The molecule has 0 fully saturated rings. The number of thiophene rings is 1. The van der Waals surface area contributed by atoms with Crippen molar-refractivity contribution in [1.82, 2.24) is 4.98 Å². The number of pyridine rings is 1. The Hall–Kier alpha value is -0.470. The lowest BCUT2D eigenvalue weighted by atomic mass is 10.3. The van der Waals surface area contributed by atoms with E-state index in [1.165, 1.54) is 0 Å². The van der Waals surface area contributed by atoms with Crippen molar-refractivity contribution >= 4 is 61.6 Å². The van der Waals surface area contributed by atoms with Gasteiger partial charge in [-0.1, -0.05) is 0 Å². The van der Waals surface area contributed by atoms with Crippen molar-refractivity contribution in [3.63, 3.8) is 0 Å². The number of halogens is 2. The fraction of sp³-hybridized carbons (Fsp3) is 0. The zero-order chi connectivity index (χ0) is 11.5. The average molecular weight is 409 g/mol. The van der Waals surface area contributed by atoms with Gasteiger partial charge in [-0.3, -0.25) is 4.79 Å². The van der Waals surface area contributed by atoms with E-state index in [2.05, 4.69) is 48.8 Å². The van der Waals surface area contributed by atoms with Gasteiger partial charge < -0.3 is 5.32 Å². The Labute approximate surface area is 119 Å². The van der Waals surface area contributed by atoms with Crippen molar-refractivity contribution in [2.24, 2.45) is 0 Å². The van der Waals surface area contributed by atoms with Gasteiger partial charge in [0, 0.05) is 11.6 Å². The number of carbonyl (C=O) groups excluding carboxylic acids is 1. The van der Waals surface area contributed by atoms with E-state index in [9.17, 15) is 4.79 Å². The number of rotatable bonds is 2. The molecule has 6 heteroatoms. The van der Waals surface area contributed by atoms with Gasteiger partial charge in [-0.2, -0.15) is 0 Å². The average Bonchev–Trinajstić information content (AvgIpc) is 2.68. The Morgan fingerprint density at radius 1 is 1.56 bits per heavy atom. The minimum absolute atomic E-state index is 0.140. The number of amides is 1. The number of carbonyl (C=O) groups is 1. The maximum atomic E-state index is 11.8. The number of hydrogen-bond donors (Lipinski definition) is 1. The first-order valence-corrected chi connectivity index (χ1v) is 7.08. The second kappa shape index (κ2) is 5.24. The Bertz CT molecular complexity index is 529. The molecule has 2 heterocycles. The van der Waals surface area contributed by atoms with Crippen LogP contribution in [-0.2, 0) is 0 Å². The fourth-order valence-corrected chi connectivity index (χ4v) is 2.77. The summed E-state index contributed by atoms with van der Waals surface area (Å²) >= 11 is 7.05. The number of nitrogens with one attached hydrogen (secondary N) is 1. The molecule has 0 aliphatic rings. The second-order valence-corrected chi connectivity index (χ2v) is 6.59. The molecule has 0 spiro atoms. The van der Waals surface area contributed by atoms with E-state index < -0.39 is 0 Å². The Morgan fingerprint density at radius 2 is 2.38 bits per heavy atom. The summed E-state index contributed by atoms with van der Waals surface area (Å²) in [7, 11) is 0. The summed E-state index contributed by atoms with van der Waals surface area (Å²) in [6.45, 7) is 0. The van der Waals surface area contributed by atoms with Gasteiger partial charge in [0.1, 0.15) is 5.82 Å². The van der Waals surface area contributed by atoms with Gasteiger partial charge in [-0.25, -0.2) is 4.98 Å². The number of hydrogen-bond acceptors (Lipinski definition) is 3. The Morgan fingerprint density at radius 3 is 3.00 bits per heavy atom. The van der Waals surface area contributed by atoms with E-state index in [1.54, 1.807) is 23.6 Å². The highest BCUT2D eigenvalue weighted by atomic mass is 127. The molecule has 2 rings (SSSR count). The number of nitrogens with zero attached hydrogens (tertiary/aromatic N) is 1. The molecular formula is C10H6BrIN2OS. The van der Waals surface area contributed by atoms with Gasteiger partial charge in [0.05, 0.1) is 12.9 Å². The summed E-state index contributed by atoms with van der Waals surface area (Å²) in [4.78, 5) is 15.9. The lowest BCUT2D eigenvalue weighted by molar-refractivity contribution is 0.102. The van der Waals surface area contributed by atoms with Gasteiger partial charge >= 0.3 is 0 Å². The smallest absolute Gasteiger partial charge is 0.257 e. The van der Waals surface area contributed by atoms with E-state index >= 15 is 0 Å². The minimum Gasteiger partial charge on any atom is -0.306 e. The number of aromatic nitrogens is 1. The predicted octanol–water partition coefficient (Wildman–Crippen LogP) is 3.76. The van der Waals surface area contributed by atoms with Gasteiger partial charge in [0.2, 0.25) is 0 Å². The molecule has 0 unspecified atom stereocenters. The lowest BCUT2D eigenvalue weighted by Gasteiger charge is -2.03. The van der Waals surface area contributed by atoms with Crippen molar-refractivity contribution in [1.29, 1.82) is 0 Å². The summed E-state index contributed by atoms with van der Waals surface area (Å²) in [5.41, 5.74) is 0.659. The van der Waals surface area contributed by atoms with E-state index in [1.807, 2.05) is 17.5 Å². The molecule has 1 amide bonds. The van der Waals surface area contributed by atoms with Crippen LogP contribution in [0.5, 0.6) is 0 Å². The molecule has 0 atom stereocenters. The van der Waals surface area contributed by atoms with Crippen LogP contribution in [0.3, 0.4) is 0 Å². The molecule has 0 aliphatic carbocycles. The highest BCUT2D eigenvalue weighted by Gasteiger charge is 2.10. The van der Waals surface area contributed by atoms with E-state index in [4.69, 9.17) is 0 Å². The van der Waals surface area contributed by atoms with Crippen LogP contribution in [-0.4, -0.2) is 10.9 Å². The molecule has 2 aromatic heterocycles. The molecule has 0 radical (unpaired) electrons. The maximum Gasteiger partial charge on any atom is 0.257 e. The second-order valence-electron chi connectivity index (χ2n) is 2.93. The van der Waals surface area contributed by atoms with E-state index in [0.29, 0.717) is 11.4 Å². The van der Waals surface area contributed by atoms with Crippen molar-refractivity contribution < 1.29 is 4.79 Å². The molecule has 16 heavy (non-hydrogen) atoms. The largest absolute Gasteiger partial charge is 0.306 e. The van der Waals surface area contributed by atoms with Crippen molar-refractivity contribution in [3.05, 3.63) is 42.7 Å². The van der Waals surface area contributed by atoms with Crippen LogP contribution >= 0.6 is 49.9 Å². The van der Waals surface area contributed by atoms with Crippen molar-refractivity contribution in [2.45, 2.75) is 0 Å². The summed E-state index contributed by atoms with van der Waals surface area (Å²) in [5.74, 6) is 0.396. The monoisotopic (exact) mass is 408 g/mol. The standard InChI is InChI=1S/C10H6BrIN2OS/c11-7-2-1-3-13-9(7)14-10(15)6-4-8(12)16-5-6/h1-5H,(H,13,14,15). The molecule has 0 aromatic carbocycles. The van der Waals surface area contributed by atoms with Crippen LogP contribution in [0, 0.1) is 2.88 Å². The zero-order valence-corrected chi connectivity index (χ0v) is 12.5. The van der Waals surface area contributed by atoms with E-state index in [0.717, 1.165) is 7.36 Å². The summed E-state index contributed by atoms with van der Waals surface area (Å²) in [5, 5.41) is 4.57. The Kier molecular flexibility index (Phi) is 3.93. The first kappa shape index (κ1) is 12.0. The first-order chi connectivity index (χ1) is 7.66. The summed E-state index contributed by atoms with van der Waals surface area (Å²) in [6.07, 6.45) is 1.64. The normalized spacial score (nSPS) is 10.1. The molecule has 3 nitrogen and oxygen atoms in total. The van der Waals surface area contributed by atoms with Crippen LogP contribution in [0.4, 0.5) is 5.82 Å². The van der Waals surface area contributed by atoms with Gasteiger partial charge in [0.15, 0.2) is 0 Å². The molecular weight excluding hydrogens is 403 g/mol. The maximum absolute atomic E-state index is 11.8. The van der Waals surface area contributed by atoms with Gasteiger partial charge in [-0.05, 0) is 56.7 Å². The van der Waals surface area contributed by atoms with Crippen LogP contribution in [0.1, 0.15) is 10.4 Å². The highest BCUT2D eigenvalue weighted by Crippen LogP contribution is 2.21. The van der Waals surface area contributed by atoms with Crippen LogP contribution < -0.4 is 5.32 Å². The molecule has 0 bridgehead atoms. The quantitative estimate of drug-likeness (QED) is 0.768. The van der Waals surface area contributed by atoms with Gasteiger partial charge in [-0.15, -0.1) is 11.3 Å². The summed E-state index contributed by atoms with van der Waals surface area (Å²) in [6, 6.07) is 5.48. The topological polar surface area (TPSA) is 42.0 Å². The molecule has 0 saturated heterocycles. The van der Waals surface area contributed by atoms with Crippen LogP contribution in [0.2, 0.25) is 0 Å². The van der Waals surface area contributed by atoms with E-state index in [-0.39, 0.29) is 5.91 Å². The Balaban J connectivity index is 2.17. The fourth-order valence-electron chi connectivity index (χ4n) is 1.09. The number of anilines is 1. The van der Waals surface area contributed by atoms with Crippen LogP contribution in [0.15, 0.2) is 34.2 Å². The lowest BCUT2D eigenvalue weighted by Crippen LogP contribution is -2.12. The molecule has 0 saturated carbocycles. The highest BCUT2D eigenvalue weighted by molar-refractivity contribution is 14.1. The molecule has 0 aliphatic heterocycles. The third kappa shape index (κ3) is 2.80. The predicted molar refractivity (Wildman–Crippen MR) is 76.9 cm³/mol. The molecule has 2 aromatic rings. The van der Waals surface area contributed by atoms with Crippen molar-refractivity contribution in [3.8, 4) is 0 Å². The molecule has 1 N–H and O–H groups in total. The minimum atomic E-state index is -0.140. The third-order valence-corrected chi connectivity index (χ3v) is 4.25.